The minimum Gasteiger partial charge on any atom is -0.320 e. The summed E-state index contributed by atoms with van der Waals surface area (Å²) in [6, 6.07) is 0. The van der Waals surface area contributed by atoms with Crippen LogP contribution in [0.4, 0.5) is 0 Å². The molecule has 0 aromatic heterocycles. The maximum Gasteiger partial charge on any atom is 0.214 e. The van der Waals surface area contributed by atoms with Crippen LogP contribution >= 0.6 is 0 Å². The van der Waals surface area contributed by atoms with Crippen molar-refractivity contribution in [2.24, 2.45) is 5.92 Å². The van der Waals surface area contributed by atoms with Gasteiger partial charge in [0.25, 0.3) is 0 Å². The van der Waals surface area contributed by atoms with Gasteiger partial charge in [0.2, 0.25) is 10.0 Å². The van der Waals surface area contributed by atoms with E-state index in [2.05, 4.69) is 12.2 Å². The Balaban J connectivity index is 2.47. The number of hydrogen-bond acceptors (Lipinski definition) is 3. The summed E-state index contributed by atoms with van der Waals surface area (Å²) in [5, 5.41) is 2.98. The van der Waals surface area contributed by atoms with E-state index in [0.29, 0.717) is 12.3 Å². The summed E-state index contributed by atoms with van der Waals surface area (Å²) in [5.74, 6) is 0.845. The van der Waals surface area contributed by atoms with Gasteiger partial charge in [0, 0.05) is 13.1 Å². The van der Waals surface area contributed by atoms with E-state index >= 15 is 0 Å². The van der Waals surface area contributed by atoms with Crippen LogP contribution in [0.2, 0.25) is 0 Å². The van der Waals surface area contributed by atoms with Crippen LogP contribution in [0, 0.1) is 5.92 Å². The fourth-order valence-corrected chi connectivity index (χ4v) is 3.79. The molecule has 0 saturated carbocycles. The molecule has 4 nitrogen and oxygen atoms in total. The second-order valence-electron chi connectivity index (χ2n) is 4.55. The Morgan fingerprint density at radius 3 is 2.81 bits per heavy atom. The van der Waals surface area contributed by atoms with Crippen LogP contribution in [-0.2, 0) is 10.0 Å². The Morgan fingerprint density at radius 1 is 1.44 bits per heavy atom. The van der Waals surface area contributed by atoms with Crippen molar-refractivity contribution in [2.75, 3.05) is 32.4 Å². The lowest BCUT2D eigenvalue weighted by atomic mass is 9.97. The standard InChI is InChI=1S/C11H24N2O2S/c1-3-11-6-4-8-13(10-11)16(14,15)9-5-7-12-2/h11-12H,3-10H2,1-2H3. The third-order valence-corrected chi connectivity index (χ3v) is 5.20. The van der Waals surface area contributed by atoms with Crippen molar-refractivity contribution >= 4 is 10.0 Å². The highest BCUT2D eigenvalue weighted by Crippen LogP contribution is 2.21. The Labute approximate surface area is 99.5 Å². The van der Waals surface area contributed by atoms with E-state index in [1.165, 1.54) is 6.42 Å². The van der Waals surface area contributed by atoms with Crippen molar-refractivity contribution in [3.05, 3.63) is 0 Å². The summed E-state index contributed by atoms with van der Waals surface area (Å²) in [4.78, 5) is 0. The summed E-state index contributed by atoms with van der Waals surface area (Å²) in [5.41, 5.74) is 0. The van der Waals surface area contributed by atoms with Crippen LogP contribution in [0.3, 0.4) is 0 Å². The number of nitrogens with zero attached hydrogens (tertiary/aromatic N) is 1. The Hall–Kier alpha value is -0.130. The van der Waals surface area contributed by atoms with Crippen molar-refractivity contribution in [3.63, 3.8) is 0 Å². The molecule has 16 heavy (non-hydrogen) atoms. The molecule has 1 rings (SSSR count). The molecule has 0 amide bonds. The van der Waals surface area contributed by atoms with E-state index in [9.17, 15) is 8.42 Å². The van der Waals surface area contributed by atoms with E-state index in [1.807, 2.05) is 7.05 Å². The Morgan fingerprint density at radius 2 is 2.19 bits per heavy atom. The largest absolute Gasteiger partial charge is 0.320 e. The Bertz CT molecular complexity index is 290. The lowest BCUT2D eigenvalue weighted by molar-refractivity contribution is 0.261. The maximum absolute atomic E-state index is 12.0. The first-order chi connectivity index (χ1) is 7.60. The fraction of sp³-hybridized carbons (Fsp3) is 1.00. The molecule has 1 fully saturated rings. The van der Waals surface area contributed by atoms with Gasteiger partial charge < -0.3 is 5.32 Å². The molecule has 0 bridgehead atoms. The van der Waals surface area contributed by atoms with Crippen LogP contribution < -0.4 is 5.32 Å². The van der Waals surface area contributed by atoms with Crippen molar-refractivity contribution in [2.45, 2.75) is 32.6 Å². The summed E-state index contributed by atoms with van der Waals surface area (Å²) in [6.07, 6.45) is 3.98. The fourth-order valence-electron chi connectivity index (χ4n) is 2.17. The predicted octanol–water partition coefficient (Wildman–Crippen LogP) is 1.05. The highest BCUT2D eigenvalue weighted by molar-refractivity contribution is 7.89. The molecule has 5 heteroatoms. The molecular formula is C11H24N2O2S. The third kappa shape index (κ3) is 4.03. The van der Waals surface area contributed by atoms with Gasteiger partial charge in [-0.25, -0.2) is 12.7 Å². The first-order valence-corrected chi connectivity index (χ1v) is 7.83. The summed E-state index contributed by atoms with van der Waals surface area (Å²) >= 11 is 0. The molecule has 96 valence electrons. The molecule has 1 aliphatic rings. The number of hydrogen-bond donors (Lipinski definition) is 1. The Kier molecular flexibility index (Phi) is 5.72. The van der Waals surface area contributed by atoms with E-state index in [4.69, 9.17) is 0 Å². The van der Waals surface area contributed by atoms with Crippen molar-refractivity contribution in [3.8, 4) is 0 Å². The van der Waals surface area contributed by atoms with Crippen molar-refractivity contribution < 1.29 is 8.42 Å². The van der Waals surface area contributed by atoms with Gasteiger partial charge >= 0.3 is 0 Å². The molecule has 1 aliphatic heterocycles. The van der Waals surface area contributed by atoms with Crippen molar-refractivity contribution in [1.29, 1.82) is 0 Å². The average Bonchev–Trinajstić information content (AvgIpc) is 2.29. The van der Waals surface area contributed by atoms with E-state index in [-0.39, 0.29) is 5.75 Å². The van der Waals surface area contributed by atoms with Gasteiger partial charge in [0.05, 0.1) is 5.75 Å². The molecule has 0 aliphatic carbocycles. The molecule has 0 aromatic rings. The summed E-state index contributed by atoms with van der Waals surface area (Å²) in [6.45, 7) is 4.36. The number of piperidine rings is 1. The van der Waals surface area contributed by atoms with Crippen LogP contribution in [0.1, 0.15) is 32.6 Å². The third-order valence-electron chi connectivity index (χ3n) is 3.28. The first-order valence-electron chi connectivity index (χ1n) is 6.22. The number of rotatable bonds is 6. The average molecular weight is 248 g/mol. The van der Waals surface area contributed by atoms with Gasteiger partial charge in [-0.2, -0.15) is 0 Å². The quantitative estimate of drug-likeness (QED) is 0.715. The van der Waals surface area contributed by atoms with Gasteiger partial charge in [-0.15, -0.1) is 0 Å². The zero-order valence-electron chi connectivity index (χ0n) is 10.4. The second kappa shape index (κ2) is 6.57. The van der Waals surface area contributed by atoms with E-state index in [0.717, 1.165) is 32.5 Å². The lowest BCUT2D eigenvalue weighted by Crippen LogP contribution is -2.41. The van der Waals surface area contributed by atoms with Crippen LogP contribution in [0.15, 0.2) is 0 Å². The molecule has 0 radical (unpaired) electrons. The molecule has 1 saturated heterocycles. The topological polar surface area (TPSA) is 49.4 Å². The van der Waals surface area contributed by atoms with Gasteiger partial charge in [0.1, 0.15) is 0 Å². The minimum absolute atomic E-state index is 0.282. The molecule has 1 N–H and O–H groups in total. The zero-order chi connectivity index (χ0) is 12.0. The molecule has 0 spiro atoms. The van der Waals surface area contributed by atoms with E-state index in [1.54, 1.807) is 4.31 Å². The van der Waals surface area contributed by atoms with Crippen molar-refractivity contribution in [1.82, 2.24) is 9.62 Å². The first kappa shape index (κ1) is 13.9. The predicted molar refractivity (Wildman–Crippen MR) is 66.9 cm³/mol. The molecule has 0 aromatic carbocycles. The minimum atomic E-state index is -3.01. The number of sulfonamides is 1. The molecular weight excluding hydrogens is 224 g/mol. The normalized spacial score (nSPS) is 23.5. The molecule has 1 atom stereocenters. The smallest absolute Gasteiger partial charge is 0.214 e. The van der Waals surface area contributed by atoms with E-state index < -0.39 is 10.0 Å². The van der Waals surface area contributed by atoms with Crippen LogP contribution in [-0.4, -0.2) is 45.2 Å². The SMILES string of the molecule is CCC1CCCN(S(=O)(=O)CCCNC)C1. The molecule has 1 heterocycles. The second-order valence-corrected chi connectivity index (χ2v) is 6.64. The van der Waals surface area contributed by atoms with Crippen LogP contribution in [0.25, 0.3) is 0 Å². The number of nitrogens with one attached hydrogen (secondary N) is 1. The summed E-state index contributed by atoms with van der Waals surface area (Å²) in [7, 11) is -1.16. The summed E-state index contributed by atoms with van der Waals surface area (Å²) < 4.78 is 25.7. The zero-order valence-corrected chi connectivity index (χ0v) is 11.2. The molecule has 1 unspecified atom stereocenters. The van der Waals surface area contributed by atoms with Crippen LogP contribution in [0.5, 0.6) is 0 Å². The highest BCUT2D eigenvalue weighted by atomic mass is 32.2. The maximum atomic E-state index is 12.0. The monoisotopic (exact) mass is 248 g/mol. The van der Waals surface area contributed by atoms with Gasteiger partial charge in [-0.3, -0.25) is 0 Å². The highest BCUT2D eigenvalue weighted by Gasteiger charge is 2.27. The van der Waals surface area contributed by atoms with Gasteiger partial charge in [-0.1, -0.05) is 13.3 Å². The van der Waals surface area contributed by atoms with Gasteiger partial charge in [0.15, 0.2) is 0 Å². The lowest BCUT2D eigenvalue weighted by Gasteiger charge is -2.31. The van der Waals surface area contributed by atoms with Gasteiger partial charge in [-0.05, 0) is 38.8 Å².